The van der Waals surface area contributed by atoms with Crippen LogP contribution in [0.3, 0.4) is 0 Å². The molecule has 1 aliphatic rings. The molecule has 0 bridgehead atoms. The first-order valence-corrected chi connectivity index (χ1v) is 7.04. The Bertz CT molecular complexity index is 183. The lowest BCUT2D eigenvalue weighted by Gasteiger charge is -2.40. The van der Waals surface area contributed by atoms with Gasteiger partial charge >= 0.3 is 0 Å². The fraction of sp³-hybridized carbons (Fsp3) is 0.875. The molecule has 0 amide bonds. The summed E-state index contributed by atoms with van der Waals surface area (Å²) < 4.78 is 2.27. The molecule has 0 aromatic carbocycles. The van der Waals surface area contributed by atoms with Gasteiger partial charge < -0.3 is 9.62 Å². The Hall–Kier alpha value is -0.380. The normalized spacial score (nSPS) is 19.5. The highest BCUT2D eigenvalue weighted by molar-refractivity contribution is 8.30. The van der Waals surface area contributed by atoms with Crippen LogP contribution in [0.4, 0.5) is 0 Å². The van der Waals surface area contributed by atoms with E-state index in [0.29, 0.717) is 0 Å². The van der Waals surface area contributed by atoms with E-state index in [4.69, 9.17) is 0 Å². The number of aliphatic imine (C=N–C) groups is 1. The zero-order valence-corrected chi connectivity index (χ0v) is 9.24. The quantitative estimate of drug-likeness (QED) is 0.663. The van der Waals surface area contributed by atoms with Crippen LogP contribution in [-0.4, -0.2) is 49.2 Å². The molecule has 1 N–H and O–H groups in total. The molecule has 0 atom stereocenters. The predicted molar refractivity (Wildman–Crippen MR) is 58.0 cm³/mol. The Morgan fingerprint density at radius 2 is 2.08 bits per heavy atom. The fourth-order valence-electron chi connectivity index (χ4n) is 0.990. The van der Waals surface area contributed by atoms with Crippen LogP contribution in [0.1, 0.15) is 6.42 Å². The molecule has 1 aliphatic heterocycles. The average Bonchev–Trinajstić information content (AvgIpc) is 2.03. The van der Waals surface area contributed by atoms with Crippen molar-refractivity contribution >= 4 is 16.2 Å². The van der Waals surface area contributed by atoms with Crippen LogP contribution in [0.5, 0.6) is 0 Å². The lowest BCUT2D eigenvalue weighted by atomic mass is 10.4. The molecule has 1 heterocycles. The van der Waals surface area contributed by atoms with Crippen LogP contribution in [-0.2, 0) is 0 Å². The van der Waals surface area contributed by atoms with E-state index in [2.05, 4.69) is 40.4 Å². The molecular formula is C8H19N3S. The van der Waals surface area contributed by atoms with Crippen molar-refractivity contribution in [2.75, 3.05) is 38.9 Å². The van der Waals surface area contributed by atoms with Crippen LogP contribution in [0.2, 0.25) is 0 Å². The summed E-state index contributed by atoms with van der Waals surface area (Å²) in [7, 11) is 1.46. The van der Waals surface area contributed by atoms with Gasteiger partial charge in [0.1, 0.15) is 0 Å². The molecule has 72 valence electrons. The van der Waals surface area contributed by atoms with Crippen LogP contribution in [0.15, 0.2) is 4.99 Å². The molecule has 0 saturated carbocycles. The summed E-state index contributed by atoms with van der Waals surface area (Å²) in [6, 6.07) is 0. The van der Waals surface area contributed by atoms with Crippen molar-refractivity contribution in [1.82, 2.24) is 9.62 Å². The number of guanidine groups is 1. The Morgan fingerprint density at radius 1 is 1.42 bits per heavy atom. The van der Waals surface area contributed by atoms with E-state index in [1.54, 1.807) is 0 Å². The Balaban J connectivity index is 2.62. The van der Waals surface area contributed by atoms with Crippen LogP contribution in [0.25, 0.3) is 0 Å². The third-order valence-electron chi connectivity index (χ3n) is 2.00. The molecular weight excluding hydrogens is 170 g/mol. The third kappa shape index (κ3) is 2.30. The number of rotatable bonds is 1. The molecule has 0 radical (unpaired) electrons. The van der Waals surface area contributed by atoms with Gasteiger partial charge in [0.05, 0.1) is 0 Å². The minimum Gasteiger partial charge on any atom is -0.356 e. The molecule has 1 rings (SSSR count). The van der Waals surface area contributed by atoms with E-state index in [9.17, 15) is 0 Å². The van der Waals surface area contributed by atoms with Gasteiger partial charge in [-0.25, -0.2) is 0 Å². The molecule has 0 spiro atoms. The maximum Gasteiger partial charge on any atom is 0.202 e. The number of nitrogens with one attached hydrogen (secondary N) is 1. The standard InChI is InChI=1S/C8H19N3S/c1-11(12(2,3)4)8-9-6-5-7-10-8/h5-7H2,1-4H3,(H,9,10). The second-order valence-electron chi connectivity index (χ2n) is 3.76. The van der Waals surface area contributed by atoms with E-state index >= 15 is 0 Å². The summed E-state index contributed by atoms with van der Waals surface area (Å²) in [5.41, 5.74) is 0. The van der Waals surface area contributed by atoms with Gasteiger partial charge in [0.2, 0.25) is 5.96 Å². The fourth-order valence-corrected chi connectivity index (χ4v) is 1.63. The topological polar surface area (TPSA) is 27.6 Å². The predicted octanol–water partition coefficient (Wildman–Crippen LogP) is 0.877. The minimum absolute atomic E-state index is 0.662. The molecule has 0 aromatic heterocycles. The van der Waals surface area contributed by atoms with Crippen molar-refractivity contribution in [1.29, 1.82) is 0 Å². The molecule has 0 aliphatic carbocycles. The summed E-state index contributed by atoms with van der Waals surface area (Å²) in [6.45, 7) is 2.04. The zero-order valence-electron chi connectivity index (χ0n) is 8.42. The highest BCUT2D eigenvalue weighted by Crippen LogP contribution is 2.38. The zero-order chi connectivity index (χ0) is 9.19. The Labute approximate surface area is 76.7 Å². The van der Waals surface area contributed by atoms with E-state index in [1.807, 2.05) is 0 Å². The first kappa shape index (κ1) is 9.71. The van der Waals surface area contributed by atoms with Crippen molar-refractivity contribution in [3.63, 3.8) is 0 Å². The number of nitrogens with zero attached hydrogens (tertiary/aromatic N) is 2. The molecule has 0 fully saturated rings. The average molecular weight is 189 g/mol. The molecule has 12 heavy (non-hydrogen) atoms. The molecule has 0 aromatic rings. The van der Waals surface area contributed by atoms with Crippen LogP contribution >= 0.6 is 10.2 Å². The smallest absolute Gasteiger partial charge is 0.202 e. The maximum absolute atomic E-state index is 4.45. The summed E-state index contributed by atoms with van der Waals surface area (Å²) >= 11 is 0. The number of hydrogen-bond donors (Lipinski definition) is 1. The van der Waals surface area contributed by atoms with Gasteiger partial charge in [-0.3, -0.25) is 4.99 Å². The largest absolute Gasteiger partial charge is 0.356 e. The van der Waals surface area contributed by atoms with Crippen LogP contribution in [0, 0.1) is 0 Å². The lowest BCUT2D eigenvalue weighted by Crippen LogP contribution is -2.42. The summed E-state index contributed by atoms with van der Waals surface area (Å²) in [4.78, 5) is 4.45. The van der Waals surface area contributed by atoms with Crippen molar-refractivity contribution in [2.45, 2.75) is 6.42 Å². The van der Waals surface area contributed by atoms with Gasteiger partial charge in [-0.05, 0) is 25.2 Å². The van der Waals surface area contributed by atoms with E-state index < -0.39 is 10.2 Å². The van der Waals surface area contributed by atoms with Crippen LogP contribution < -0.4 is 5.32 Å². The van der Waals surface area contributed by atoms with Crippen molar-refractivity contribution in [2.24, 2.45) is 4.99 Å². The van der Waals surface area contributed by atoms with Gasteiger partial charge in [-0.15, -0.1) is 0 Å². The first-order chi connectivity index (χ1) is 5.52. The monoisotopic (exact) mass is 189 g/mol. The maximum atomic E-state index is 4.45. The molecule has 4 heteroatoms. The Kier molecular flexibility index (Phi) is 2.88. The van der Waals surface area contributed by atoms with Crippen molar-refractivity contribution in [3.8, 4) is 0 Å². The second kappa shape index (κ2) is 3.56. The SMILES string of the molecule is CN(C1=NCCCN1)S(C)(C)C. The highest BCUT2D eigenvalue weighted by atomic mass is 32.3. The number of hydrogen-bond acceptors (Lipinski definition) is 3. The second-order valence-corrected chi connectivity index (χ2v) is 7.85. The summed E-state index contributed by atoms with van der Waals surface area (Å²) in [5.74, 6) is 1.07. The van der Waals surface area contributed by atoms with E-state index in [1.165, 1.54) is 0 Å². The first-order valence-electron chi connectivity index (χ1n) is 4.22. The Morgan fingerprint density at radius 3 is 2.50 bits per heavy atom. The van der Waals surface area contributed by atoms with Gasteiger partial charge in [0.15, 0.2) is 0 Å². The molecule has 3 nitrogen and oxygen atoms in total. The van der Waals surface area contributed by atoms with E-state index in [-0.39, 0.29) is 0 Å². The van der Waals surface area contributed by atoms with Crippen molar-refractivity contribution in [3.05, 3.63) is 0 Å². The minimum atomic E-state index is -0.662. The van der Waals surface area contributed by atoms with Crippen molar-refractivity contribution < 1.29 is 0 Å². The van der Waals surface area contributed by atoms with E-state index in [0.717, 1.165) is 25.5 Å². The summed E-state index contributed by atoms with van der Waals surface area (Å²) in [5, 5.41) is 3.32. The van der Waals surface area contributed by atoms with Gasteiger partial charge in [-0.2, -0.15) is 10.2 Å². The molecule has 0 saturated heterocycles. The third-order valence-corrected chi connectivity index (χ3v) is 3.82. The molecule has 0 unspecified atom stereocenters. The lowest BCUT2D eigenvalue weighted by molar-refractivity contribution is 0.661. The highest BCUT2D eigenvalue weighted by Gasteiger charge is 2.17. The summed E-state index contributed by atoms with van der Waals surface area (Å²) in [6.07, 6.45) is 7.97. The van der Waals surface area contributed by atoms with Gasteiger partial charge in [0, 0.05) is 20.1 Å². The van der Waals surface area contributed by atoms with Gasteiger partial charge in [0.25, 0.3) is 0 Å². The van der Waals surface area contributed by atoms with Gasteiger partial charge in [-0.1, -0.05) is 0 Å².